The van der Waals surface area contributed by atoms with Crippen molar-refractivity contribution in [2.75, 3.05) is 40.6 Å². The molecule has 2 aromatic carbocycles. The highest BCUT2D eigenvalue weighted by atomic mass is 16.7. The summed E-state index contributed by atoms with van der Waals surface area (Å²) in [6.07, 6.45) is 3.46. The average Bonchev–Trinajstić information content (AvgIpc) is 3.68. The van der Waals surface area contributed by atoms with Gasteiger partial charge in [-0.2, -0.15) is 0 Å². The highest BCUT2D eigenvalue weighted by molar-refractivity contribution is 5.99. The minimum absolute atomic E-state index is 0.0733. The van der Waals surface area contributed by atoms with Gasteiger partial charge < -0.3 is 34.2 Å². The number of esters is 2. The van der Waals surface area contributed by atoms with Crippen LogP contribution in [-0.2, 0) is 40.1 Å². The Kier molecular flexibility index (Phi) is 17.7. The Morgan fingerprint density at radius 3 is 2.13 bits per heavy atom. The Bertz CT molecular complexity index is 1690. The highest BCUT2D eigenvalue weighted by Crippen LogP contribution is 2.29. The van der Waals surface area contributed by atoms with Gasteiger partial charge in [0.1, 0.15) is 24.6 Å². The van der Waals surface area contributed by atoms with Gasteiger partial charge in [0.05, 0.1) is 40.0 Å². The number of hydroxylamine groups is 1. The summed E-state index contributed by atoms with van der Waals surface area (Å²) in [7, 11) is 2.32. The smallest absolute Gasteiger partial charge is 0.325 e. The van der Waals surface area contributed by atoms with Gasteiger partial charge in [-0.15, -0.1) is 0 Å². The van der Waals surface area contributed by atoms with Gasteiger partial charge in [0.2, 0.25) is 11.8 Å². The quantitative estimate of drug-likeness (QED) is 0.0571. The third kappa shape index (κ3) is 13.1. The minimum Gasteiger partial charge on any atom is -0.494 e. The Morgan fingerprint density at radius 2 is 1.50 bits per heavy atom. The van der Waals surface area contributed by atoms with E-state index >= 15 is 0 Å². The van der Waals surface area contributed by atoms with Crippen LogP contribution in [0, 0.1) is 11.8 Å². The van der Waals surface area contributed by atoms with Gasteiger partial charge in [-0.3, -0.25) is 33.6 Å². The fourth-order valence-corrected chi connectivity index (χ4v) is 5.60. The van der Waals surface area contributed by atoms with E-state index in [2.05, 4.69) is 32.5 Å². The van der Waals surface area contributed by atoms with Crippen LogP contribution in [0.2, 0.25) is 0 Å². The maximum Gasteiger partial charge on any atom is 0.325 e. The van der Waals surface area contributed by atoms with Crippen LogP contribution < -0.4 is 20.9 Å². The van der Waals surface area contributed by atoms with E-state index in [0.29, 0.717) is 24.2 Å². The van der Waals surface area contributed by atoms with Crippen LogP contribution in [0.15, 0.2) is 65.1 Å². The number of benzene rings is 2. The largest absolute Gasteiger partial charge is 0.494 e. The number of ether oxygens (including phenoxy) is 3. The number of carbonyl (C=O) groups excluding carboxylic acids is 6. The van der Waals surface area contributed by atoms with E-state index in [-0.39, 0.29) is 42.9 Å². The van der Waals surface area contributed by atoms with Crippen LogP contribution in [0.4, 0.5) is 0 Å². The second-order valence-corrected chi connectivity index (χ2v) is 12.2. The molecule has 0 aliphatic heterocycles. The molecule has 3 aromatic rings. The van der Waals surface area contributed by atoms with Crippen molar-refractivity contribution < 1.29 is 52.2 Å². The van der Waals surface area contributed by atoms with Crippen molar-refractivity contribution >= 4 is 35.6 Å². The Labute approximate surface area is 315 Å². The molecule has 0 radical (unpaired) electrons. The molecule has 54 heavy (non-hydrogen) atoms. The monoisotopic (exact) mass is 750 g/mol. The molecule has 1 aromatic heterocycles. The summed E-state index contributed by atoms with van der Waals surface area (Å²) in [5, 5.41) is 5.35. The zero-order chi connectivity index (χ0) is 39.5. The SMILES string of the molecule is CCCCC[C@@H](C(=O)NCNC(=O)c1ccc(-c2cc(OCC)cc(C(=O)N(CC(=O)OC)CC(=O)OC)c2)o1)[C@@H](CC)C(=O)NOCc1ccccc1. The lowest BCUT2D eigenvalue weighted by Crippen LogP contribution is -2.45. The number of nitrogens with zero attached hydrogens (tertiary/aromatic N) is 1. The lowest BCUT2D eigenvalue weighted by molar-refractivity contribution is -0.145. The Balaban J connectivity index is 1.69. The van der Waals surface area contributed by atoms with Crippen molar-refractivity contribution in [3.05, 3.63) is 77.6 Å². The van der Waals surface area contributed by atoms with Crippen molar-refractivity contribution in [1.29, 1.82) is 0 Å². The average molecular weight is 751 g/mol. The van der Waals surface area contributed by atoms with E-state index < -0.39 is 54.6 Å². The fourth-order valence-electron chi connectivity index (χ4n) is 5.60. The maximum absolute atomic E-state index is 13.5. The first kappa shape index (κ1) is 42.7. The van der Waals surface area contributed by atoms with E-state index in [1.54, 1.807) is 13.0 Å². The zero-order valence-corrected chi connectivity index (χ0v) is 31.4. The summed E-state index contributed by atoms with van der Waals surface area (Å²) in [5.74, 6) is -4.41. The van der Waals surface area contributed by atoms with Crippen molar-refractivity contribution in [3.8, 4) is 17.1 Å². The molecule has 0 spiro atoms. The fraction of sp³-hybridized carbons (Fsp3) is 0.436. The van der Waals surface area contributed by atoms with Crippen molar-refractivity contribution in [2.45, 2.75) is 59.5 Å². The molecule has 3 rings (SSSR count). The summed E-state index contributed by atoms with van der Waals surface area (Å²) in [5.41, 5.74) is 3.83. The van der Waals surface area contributed by atoms with Gasteiger partial charge >= 0.3 is 11.9 Å². The summed E-state index contributed by atoms with van der Waals surface area (Å²) in [4.78, 5) is 83.5. The first-order valence-electron chi connectivity index (χ1n) is 17.9. The molecular weight excluding hydrogens is 700 g/mol. The van der Waals surface area contributed by atoms with Gasteiger partial charge in [0.15, 0.2) is 5.76 Å². The molecule has 0 fully saturated rings. The number of rotatable bonds is 22. The molecular formula is C39H50N4O11. The summed E-state index contributed by atoms with van der Waals surface area (Å²) < 4.78 is 20.8. The van der Waals surface area contributed by atoms with Gasteiger partial charge in [0, 0.05) is 17.0 Å². The van der Waals surface area contributed by atoms with E-state index in [9.17, 15) is 28.8 Å². The third-order valence-electron chi connectivity index (χ3n) is 8.44. The molecule has 4 amide bonds. The van der Waals surface area contributed by atoms with Crippen molar-refractivity contribution in [2.24, 2.45) is 11.8 Å². The molecule has 0 unspecified atom stereocenters. The number of hydrogen-bond acceptors (Lipinski definition) is 11. The highest BCUT2D eigenvalue weighted by Gasteiger charge is 2.32. The van der Waals surface area contributed by atoms with Crippen LogP contribution >= 0.6 is 0 Å². The first-order chi connectivity index (χ1) is 26.0. The zero-order valence-electron chi connectivity index (χ0n) is 31.4. The number of nitrogens with one attached hydrogen (secondary N) is 3. The van der Waals surface area contributed by atoms with Crippen molar-refractivity contribution in [1.82, 2.24) is 21.0 Å². The minimum atomic E-state index is -0.738. The van der Waals surface area contributed by atoms with Crippen LogP contribution in [0.3, 0.4) is 0 Å². The maximum atomic E-state index is 13.5. The molecule has 292 valence electrons. The van der Waals surface area contributed by atoms with Crippen LogP contribution in [-0.4, -0.2) is 81.1 Å². The van der Waals surface area contributed by atoms with E-state index in [1.807, 2.05) is 37.3 Å². The number of amides is 4. The molecule has 0 aliphatic carbocycles. The second-order valence-electron chi connectivity index (χ2n) is 12.2. The summed E-state index contributed by atoms with van der Waals surface area (Å²) in [6, 6.07) is 16.9. The molecule has 0 bridgehead atoms. The van der Waals surface area contributed by atoms with Crippen molar-refractivity contribution in [3.63, 3.8) is 0 Å². The number of furan rings is 1. The van der Waals surface area contributed by atoms with Crippen LogP contribution in [0.1, 0.15) is 79.4 Å². The molecule has 0 saturated heterocycles. The predicted molar refractivity (Wildman–Crippen MR) is 197 cm³/mol. The number of hydrogen-bond donors (Lipinski definition) is 3. The Hall–Kier alpha value is -5.70. The third-order valence-corrected chi connectivity index (χ3v) is 8.44. The molecule has 15 heteroatoms. The van der Waals surface area contributed by atoms with Gasteiger partial charge in [-0.1, -0.05) is 63.4 Å². The van der Waals surface area contributed by atoms with Crippen LogP contribution in [0.5, 0.6) is 5.75 Å². The number of unbranched alkanes of at least 4 members (excludes halogenated alkanes) is 2. The normalized spacial score (nSPS) is 11.8. The second kappa shape index (κ2) is 22.4. The van der Waals surface area contributed by atoms with E-state index in [1.165, 1.54) is 24.3 Å². The Morgan fingerprint density at radius 1 is 0.796 bits per heavy atom. The van der Waals surface area contributed by atoms with Gasteiger partial charge in [0.25, 0.3) is 11.8 Å². The number of methoxy groups -OCH3 is 2. The molecule has 2 atom stereocenters. The lowest BCUT2D eigenvalue weighted by Gasteiger charge is -2.24. The molecule has 0 saturated carbocycles. The summed E-state index contributed by atoms with van der Waals surface area (Å²) in [6.45, 7) is 4.86. The van der Waals surface area contributed by atoms with E-state index in [0.717, 1.165) is 43.9 Å². The molecule has 3 N–H and O–H groups in total. The lowest BCUT2D eigenvalue weighted by atomic mass is 9.84. The molecule has 0 aliphatic rings. The van der Waals surface area contributed by atoms with E-state index in [4.69, 9.17) is 14.0 Å². The summed E-state index contributed by atoms with van der Waals surface area (Å²) >= 11 is 0. The number of carbonyl (C=O) groups is 6. The first-order valence-corrected chi connectivity index (χ1v) is 17.9. The molecule has 15 nitrogen and oxygen atoms in total. The van der Waals surface area contributed by atoms with Gasteiger partial charge in [-0.25, -0.2) is 5.48 Å². The van der Waals surface area contributed by atoms with Gasteiger partial charge in [-0.05, 0) is 55.7 Å². The predicted octanol–water partition coefficient (Wildman–Crippen LogP) is 4.41. The standard InChI is InChI=1S/C39H50N4O11/c1-6-9-11-16-31(30(7-2)37(47)42-53-24-26-14-12-10-13-15-26)36(46)40-25-41-38(48)33-18-17-32(54-33)27-19-28(21-29(20-27)52-8-3)39(49)43(22-34(44)50-4)23-35(45)51-5/h10,12-15,17-21,30-31H,6-9,11,16,22-25H2,1-5H3,(H,40,46)(H,41,48)(H,42,47)/t30-,31-/m1/s1. The topological polar surface area (TPSA) is 192 Å². The van der Waals surface area contributed by atoms with Crippen LogP contribution in [0.25, 0.3) is 11.3 Å². The molecule has 1 heterocycles.